The van der Waals surface area contributed by atoms with Gasteiger partial charge in [-0.05, 0) is 25.0 Å². The number of anilines is 1. The summed E-state index contributed by atoms with van der Waals surface area (Å²) in [4.78, 5) is 4.54. The first-order valence-corrected chi connectivity index (χ1v) is 6.94. The Bertz CT molecular complexity index is 638. The summed E-state index contributed by atoms with van der Waals surface area (Å²) in [7, 11) is 0. The van der Waals surface area contributed by atoms with E-state index in [2.05, 4.69) is 30.2 Å². The lowest BCUT2D eigenvalue weighted by Gasteiger charge is -2.27. The number of nitrogens with zero attached hydrogens (tertiary/aromatic N) is 2. The second kappa shape index (κ2) is 5.89. The van der Waals surface area contributed by atoms with Crippen LogP contribution < -0.4 is 11.1 Å². The van der Waals surface area contributed by atoms with Crippen molar-refractivity contribution in [1.29, 1.82) is 5.26 Å². The molecule has 0 fully saturated rings. The van der Waals surface area contributed by atoms with Crippen molar-refractivity contribution in [2.75, 3.05) is 11.9 Å². The normalized spacial score (nSPS) is 11.3. The van der Waals surface area contributed by atoms with Crippen molar-refractivity contribution in [2.45, 2.75) is 32.2 Å². The zero-order valence-electron chi connectivity index (χ0n) is 12.0. The van der Waals surface area contributed by atoms with Gasteiger partial charge >= 0.3 is 0 Å². The van der Waals surface area contributed by atoms with Crippen molar-refractivity contribution in [2.24, 2.45) is 5.73 Å². The van der Waals surface area contributed by atoms with E-state index in [4.69, 9.17) is 5.73 Å². The molecule has 0 radical (unpaired) electrons. The molecule has 1 aromatic heterocycles. The zero-order valence-corrected chi connectivity index (χ0v) is 12.0. The number of aromatic nitrogens is 1. The lowest BCUT2D eigenvalue weighted by atomic mass is 9.94. The number of hydrogen-bond acceptors (Lipinski definition) is 4. The number of pyridine rings is 1. The van der Waals surface area contributed by atoms with Gasteiger partial charge in [-0.2, -0.15) is 5.26 Å². The Kier molecular flexibility index (Phi) is 4.21. The molecular formula is C16H20N4. The summed E-state index contributed by atoms with van der Waals surface area (Å²) in [6.45, 7) is 4.82. The van der Waals surface area contributed by atoms with Gasteiger partial charge in [0.05, 0.1) is 17.1 Å². The molecular weight excluding hydrogens is 248 g/mol. The Labute approximate surface area is 119 Å². The van der Waals surface area contributed by atoms with E-state index in [1.165, 1.54) is 0 Å². The fraction of sp³-hybridized carbons (Fsp3) is 0.375. The van der Waals surface area contributed by atoms with E-state index in [1.54, 1.807) is 6.07 Å². The summed E-state index contributed by atoms with van der Waals surface area (Å²) >= 11 is 0. The summed E-state index contributed by atoms with van der Waals surface area (Å²) in [6.07, 6.45) is 1.80. The predicted molar refractivity (Wildman–Crippen MR) is 82.4 cm³/mol. The molecule has 2 rings (SSSR count). The molecule has 0 amide bonds. The van der Waals surface area contributed by atoms with Crippen LogP contribution in [0.2, 0.25) is 0 Å². The molecule has 2 aromatic rings. The topological polar surface area (TPSA) is 74.7 Å². The van der Waals surface area contributed by atoms with E-state index < -0.39 is 0 Å². The van der Waals surface area contributed by atoms with Crippen molar-refractivity contribution >= 4 is 16.7 Å². The Morgan fingerprint density at radius 3 is 2.65 bits per heavy atom. The fourth-order valence-corrected chi connectivity index (χ4v) is 2.13. The van der Waals surface area contributed by atoms with Crippen LogP contribution in [0.1, 0.15) is 32.3 Å². The molecule has 104 valence electrons. The molecule has 0 saturated carbocycles. The number of nitriles is 1. The maximum atomic E-state index is 9.25. The minimum Gasteiger partial charge on any atom is -0.368 e. The van der Waals surface area contributed by atoms with Crippen molar-refractivity contribution in [1.82, 2.24) is 4.98 Å². The third kappa shape index (κ3) is 2.89. The van der Waals surface area contributed by atoms with Crippen LogP contribution in [0.25, 0.3) is 10.9 Å². The number of benzene rings is 1. The van der Waals surface area contributed by atoms with E-state index in [9.17, 15) is 5.26 Å². The first-order chi connectivity index (χ1) is 9.61. The van der Waals surface area contributed by atoms with Gasteiger partial charge in [-0.1, -0.05) is 32.0 Å². The summed E-state index contributed by atoms with van der Waals surface area (Å²) in [5.74, 6) is 0.706. The first-order valence-electron chi connectivity index (χ1n) is 6.94. The summed E-state index contributed by atoms with van der Waals surface area (Å²) in [5, 5.41) is 13.4. The Hall–Kier alpha value is -2.12. The van der Waals surface area contributed by atoms with Crippen molar-refractivity contribution in [3.63, 3.8) is 0 Å². The Morgan fingerprint density at radius 1 is 1.30 bits per heavy atom. The number of nitrogens with two attached hydrogens (primary N) is 1. The van der Waals surface area contributed by atoms with E-state index >= 15 is 0 Å². The highest BCUT2D eigenvalue weighted by Gasteiger charge is 2.20. The van der Waals surface area contributed by atoms with Crippen molar-refractivity contribution < 1.29 is 0 Å². The SMILES string of the molecule is CCC(N)(CC)CNc1cc(C#N)c2ccccc2n1. The van der Waals surface area contributed by atoms with Gasteiger partial charge in [-0.25, -0.2) is 4.98 Å². The number of para-hydroxylation sites is 1. The second-order valence-electron chi connectivity index (χ2n) is 5.11. The van der Waals surface area contributed by atoms with Crippen LogP contribution in [0, 0.1) is 11.3 Å². The van der Waals surface area contributed by atoms with Crippen molar-refractivity contribution in [3.05, 3.63) is 35.9 Å². The molecule has 0 bridgehead atoms. The van der Waals surface area contributed by atoms with Gasteiger partial charge in [0.15, 0.2) is 0 Å². The highest BCUT2D eigenvalue weighted by molar-refractivity contribution is 5.86. The third-order valence-corrected chi connectivity index (χ3v) is 3.87. The fourth-order valence-electron chi connectivity index (χ4n) is 2.13. The quantitative estimate of drug-likeness (QED) is 0.874. The molecule has 4 nitrogen and oxygen atoms in total. The largest absolute Gasteiger partial charge is 0.368 e. The number of nitrogens with one attached hydrogen (secondary N) is 1. The lowest BCUT2D eigenvalue weighted by Crippen LogP contribution is -2.45. The molecule has 3 N–H and O–H groups in total. The van der Waals surface area contributed by atoms with Crippen molar-refractivity contribution in [3.8, 4) is 6.07 Å². The van der Waals surface area contributed by atoms with Gasteiger partial charge in [-0.3, -0.25) is 0 Å². The minimum atomic E-state index is -0.236. The summed E-state index contributed by atoms with van der Waals surface area (Å²) < 4.78 is 0. The van der Waals surface area contributed by atoms with Crippen LogP contribution in [0.5, 0.6) is 0 Å². The van der Waals surface area contributed by atoms with E-state index in [0.717, 1.165) is 23.7 Å². The van der Waals surface area contributed by atoms with Gasteiger partial charge in [-0.15, -0.1) is 0 Å². The maximum Gasteiger partial charge on any atom is 0.128 e. The van der Waals surface area contributed by atoms with Crippen LogP contribution in [0.4, 0.5) is 5.82 Å². The van der Waals surface area contributed by atoms with Gasteiger partial charge < -0.3 is 11.1 Å². The summed E-state index contributed by atoms with van der Waals surface area (Å²) in [5.41, 5.74) is 7.49. The smallest absolute Gasteiger partial charge is 0.128 e. The number of fused-ring (bicyclic) bond motifs is 1. The number of rotatable bonds is 5. The molecule has 1 aromatic carbocycles. The lowest BCUT2D eigenvalue weighted by molar-refractivity contribution is 0.418. The minimum absolute atomic E-state index is 0.236. The zero-order chi connectivity index (χ0) is 14.6. The predicted octanol–water partition coefficient (Wildman–Crippen LogP) is 3.04. The average Bonchev–Trinajstić information content (AvgIpc) is 2.51. The van der Waals surface area contributed by atoms with Crippen LogP contribution in [-0.2, 0) is 0 Å². The Morgan fingerprint density at radius 2 is 2.00 bits per heavy atom. The van der Waals surface area contributed by atoms with Crippen LogP contribution in [0.3, 0.4) is 0 Å². The molecule has 0 atom stereocenters. The van der Waals surface area contributed by atoms with Gasteiger partial charge in [0.1, 0.15) is 5.82 Å². The maximum absolute atomic E-state index is 9.25. The van der Waals surface area contributed by atoms with Crippen LogP contribution >= 0.6 is 0 Å². The van der Waals surface area contributed by atoms with Gasteiger partial charge in [0, 0.05) is 17.5 Å². The molecule has 0 saturated heterocycles. The number of hydrogen-bond donors (Lipinski definition) is 2. The average molecular weight is 268 g/mol. The first kappa shape index (κ1) is 14.3. The molecule has 0 aliphatic heterocycles. The second-order valence-corrected chi connectivity index (χ2v) is 5.11. The van der Waals surface area contributed by atoms with E-state index in [1.807, 2.05) is 24.3 Å². The monoisotopic (exact) mass is 268 g/mol. The molecule has 0 unspecified atom stereocenters. The highest BCUT2D eigenvalue weighted by atomic mass is 15.0. The standard InChI is InChI=1S/C16H20N4/c1-3-16(18,4-2)11-19-15-9-12(10-17)13-7-5-6-8-14(13)20-15/h5-9H,3-4,11,18H2,1-2H3,(H,19,20). The van der Waals surface area contributed by atoms with Gasteiger partial charge in [0.2, 0.25) is 0 Å². The van der Waals surface area contributed by atoms with E-state index in [-0.39, 0.29) is 5.54 Å². The van der Waals surface area contributed by atoms with Gasteiger partial charge in [0.25, 0.3) is 0 Å². The van der Waals surface area contributed by atoms with Crippen LogP contribution in [0.15, 0.2) is 30.3 Å². The summed E-state index contributed by atoms with van der Waals surface area (Å²) in [6, 6.07) is 11.7. The molecule has 4 heteroatoms. The molecule has 20 heavy (non-hydrogen) atoms. The third-order valence-electron chi connectivity index (χ3n) is 3.87. The molecule has 0 aliphatic rings. The van der Waals surface area contributed by atoms with Crippen LogP contribution in [-0.4, -0.2) is 17.1 Å². The van der Waals surface area contributed by atoms with E-state index in [0.29, 0.717) is 17.9 Å². The highest BCUT2D eigenvalue weighted by Crippen LogP contribution is 2.21. The molecule has 0 aliphatic carbocycles. The molecule has 0 spiro atoms. The molecule has 1 heterocycles. The Balaban J connectivity index is 2.30.